The third kappa shape index (κ3) is 4.65. The number of rotatable bonds is 4. The highest BCUT2D eigenvalue weighted by Crippen LogP contribution is 2.23. The number of carbonyl (C=O) groups excluding carboxylic acids is 2. The van der Waals surface area contributed by atoms with Crippen molar-refractivity contribution in [2.75, 3.05) is 13.1 Å². The highest BCUT2D eigenvalue weighted by molar-refractivity contribution is 5.87. The van der Waals surface area contributed by atoms with Crippen molar-refractivity contribution in [3.05, 3.63) is 0 Å². The molecule has 0 aromatic heterocycles. The van der Waals surface area contributed by atoms with E-state index in [-0.39, 0.29) is 31.8 Å². The lowest BCUT2D eigenvalue weighted by Gasteiger charge is -2.28. The molecular weight excluding hydrogens is 288 g/mol. The number of carbonyl (C=O) groups is 3. The molecule has 1 fully saturated rings. The zero-order valence-electron chi connectivity index (χ0n) is 13.1. The van der Waals surface area contributed by atoms with Crippen LogP contribution in [0.1, 0.15) is 40.0 Å². The molecular formula is C15H22N2O5. The molecule has 0 aliphatic carbocycles. The molecule has 7 heteroatoms. The first kappa shape index (κ1) is 17.8. The van der Waals surface area contributed by atoms with Gasteiger partial charge in [0.2, 0.25) is 5.91 Å². The van der Waals surface area contributed by atoms with Gasteiger partial charge in [0, 0.05) is 25.8 Å². The van der Waals surface area contributed by atoms with Crippen LogP contribution < -0.4 is 5.32 Å². The maximum absolute atomic E-state index is 11.9. The molecule has 0 radical (unpaired) electrons. The molecule has 1 rings (SSSR count). The summed E-state index contributed by atoms with van der Waals surface area (Å²) in [6.07, 6.45) is 4.90. The second-order valence-corrected chi connectivity index (χ2v) is 6.28. The van der Waals surface area contributed by atoms with Crippen molar-refractivity contribution in [3.8, 4) is 12.3 Å². The highest BCUT2D eigenvalue weighted by atomic mass is 16.6. The molecule has 0 saturated carbocycles. The summed E-state index contributed by atoms with van der Waals surface area (Å²) in [5, 5.41) is 11.8. The molecule has 0 spiro atoms. The van der Waals surface area contributed by atoms with Crippen LogP contribution in [0.2, 0.25) is 0 Å². The van der Waals surface area contributed by atoms with E-state index < -0.39 is 23.2 Å². The summed E-state index contributed by atoms with van der Waals surface area (Å²) < 4.78 is 5.09. The Bertz CT molecular complexity index is 503. The van der Waals surface area contributed by atoms with Crippen LogP contribution in [0.4, 0.5) is 4.79 Å². The van der Waals surface area contributed by atoms with Crippen LogP contribution in [0.5, 0.6) is 0 Å². The van der Waals surface area contributed by atoms with Gasteiger partial charge in [0.1, 0.15) is 5.60 Å². The highest BCUT2D eigenvalue weighted by Gasteiger charge is 2.48. The number of aliphatic carboxylic acids is 1. The number of hydrogen-bond acceptors (Lipinski definition) is 4. The number of nitrogens with one attached hydrogen (secondary N) is 1. The number of terminal acetylenes is 1. The van der Waals surface area contributed by atoms with Gasteiger partial charge in [-0.05, 0) is 20.8 Å². The van der Waals surface area contributed by atoms with E-state index in [0.29, 0.717) is 6.42 Å². The van der Waals surface area contributed by atoms with Crippen molar-refractivity contribution in [2.45, 2.75) is 51.2 Å². The molecule has 0 aromatic carbocycles. The lowest BCUT2D eigenvalue weighted by Crippen LogP contribution is -2.57. The molecule has 1 heterocycles. The molecule has 2 N–H and O–H groups in total. The summed E-state index contributed by atoms with van der Waals surface area (Å²) in [6.45, 7) is 5.22. The fourth-order valence-corrected chi connectivity index (χ4v) is 2.19. The number of carboxylic acids is 1. The number of alkyl carbamates (subject to hydrolysis) is 1. The lowest BCUT2D eigenvalue weighted by molar-refractivity contribution is -0.144. The predicted molar refractivity (Wildman–Crippen MR) is 79.0 cm³/mol. The summed E-state index contributed by atoms with van der Waals surface area (Å²) >= 11 is 0. The van der Waals surface area contributed by atoms with Gasteiger partial charge in [0.05, 0.1) is 6.54 Å². The maximum atomic E-state index is 11.9. The Morgan fingerprint density at radius 3 is 2.55 bits per heavy atom. The smallest absolute Gasteiger partial charge is 0.408 e. The largest absolute Gasteiger partial charge is 0.479 e. The first-order valence-electron chi connectivity index (χ1n) is 7.05. The second-order valence-electron chi connectivity index (χ2n) is 6.28. The standard InChI is InChI=1S/C15H22N2O5/c1-5-6-7-11(18)17-9-8-15(10-17,12(19)20)16-13(21)22-14(2,3)4/h1H,6-10H2,2-4H3,(H,16,21)(H,19,20). The monoisotopic (exact) mass is 310 g/mol. The minimum absolute atomic E-state index is 0.0923. The third-order valence-corrected chi connectivity index (χ3v) is 3.25. The van der Waals surface area contributed by atoms with Crippen LogP contribution >= 0.6 is 0 Å². The average Bonchev–Trinajstić information content (AvgIpc) is 2.79. The second kappa shape index (κ2) is 6.69. The minimum Gasteiger partial charge on any atom is -0.479 e. The average molecular weight is 310 g/mol. The van der Waals surface area contributed by atoms with Gasteiger partial charge >= 0.3 is 12.1 Å². The molecule has 2 amide bonds. The van der Waals surface area contributed by atoms with Crippen molar-refractivity contribution in [1.29, 1.82) is 0 Å². The zero-order valence-corrected chi connectivity index (χ0v) is 13.1. The van der Waals surface area contributed by atoms with Crippen molar-refractivity contribution in [3.63, 3.8) is 0 Å². The van der Waals surface area contributed by atoms with Crippen LogP contribution in [0.15, 0.2) is 0 Å². The predicted octanol–water partition coefficient (Wildman–Crippen LogP) is 0.980. The van der Waals surface area contributed by atoms with Crippen LogP contribution in [-0.4, -0.2) is 52.2 Å². The van der Waals surface area contributed by atoms with Crippen LogP contribution in [0, 0.1) is 12.3 Å². The van der Waals surface area contributed by atoms with Crippen LogP contribution in [0.3, 0.4) is 0 Å². The Morgan fingerprint density at radius 1 is 1.41 bits per heavy atom. The Balaban J connectivity index is 2.75. The molecule has 0 bridgehead atoms. The van der Waals surface area contributed by atoms with Crippen LogP contribution in [0.25, 0.3) is 0 Å². The number of nitrogens with zero attached hydrogens (tertiary/aromatic N) is 1. The Hall–Kier alpha value is -2.23. The summed E-state index contributed by atoms with van der Waals surface area (Å²) in [4.78, 5) is 36.7. The third-order valence-electron chi connectivity index (χ3n) is 3.25. The minimum atomic E-state index is -1.52. The topological polar surface area (TPSA) is 95.9 Å². The Labute approximate surface area is 130 Å². The Morgan fingerprint density at radius 2 is 2.05 bits per heavy atom. The molecule has 22 heavy (non-hydrogen) atoms. The van der Waals surface area contributed by atoms with E-state index in [2.05, 4.69) is 11.2 Å². The van der Waals surface area contributed by atoms with Gasteiger partial charge in [0.15, 0.2) is 5.54 Å². The van der Waals surface area contributed by atoms with Crippen LogP contribution in [-0.2, 0) is 14.3 Å². The molecule has 122 valence electrons. The van der Waals surface area contributed by atoms with Gasteiger partial charge in [-0.15, -0.1) is 12.3 Å². The molecule has 1 atom stereocenters. The van der Waals surface area contributed by atoms with Gasteiger partial charge in [-0.25, -0.2) is 9.59 Å². The normalized spacial score (nSPS) is 21.1. The van der Waals surface area contributed by atoms with Crippen molar-refractivity contribution in [1.82, 2.24) is 10.2 Å². The number of ether oxygens (including phenoxy) is 1. The van der Waals surface area contributed by atoms with E-state index in [4.69, 9.17) is 11.2 Å². The fraction of sp³-hybridized carbons (Fsp3) is 0.667. The SMILES string of the molecule is C#CCCC(=O)N1CCC(NC(=O)OC(C)(C)C)(C(=O)O)C1. The number of amides is 2. The maximum Gasteiger partial charge on any atom is 0.408 e. The van der Waals surface area contributed by atoms with Crippen molar-refractivity contribution < 1.29 is 24.2 Å². The number of carboxylic acid groups (broad SMARTS) is 1. The molecule has 7 nitrogen and oxygen atoms in total. The van der Waals surface area contributed by atoms with Crippen molar-refractivity contribution >= 4 is 18.0 Å². The molecule has 0 aromatic rings. The quantitative estimate of drug-likeness (QED) is 0.755. The lowest BCUT2D eigenvalue weighted by atomic mass is 9.99. The summed E-state index contributed by atoms with van der Waals surface area (Å²) in [5.74, 6) is 0.965. The summed E-state index contributed by atoms with van der Waals surface area (Å²) in [5.41, 5.74) is -2.25. The number of hydrogen-bond donors (Lipinski definition) is 2. The molecule has 1 saturated heterocycles. The van der Waals surface area contributed by atoms with E-state index >= 15 is 0 Å². The van der Waals surface area contributed by atoms with Crippen molar-refractivity contribution in [2.24, 2.45) is 0 Å². The zero-order chi connectivity index (χ0) is 17.0. The van der Waals surface area contributed by atoms with Gasteiger partial charge in [-0.2, -0.15) is 0 Å². The van der Waals surface area contributed by atoms with E-state index in [0.717, 1.165) is 0 Å². The summed E-state index contributed by atoms with van der Waals surface area (Å²) in [6, 6.07) is 0. The fourth-order valence-electron chi connectivity index (χ4n) is 2.19. The molecule has 1 aliphatic heterocycles. The summed E-state index contributed by atoms with van der Waals surface area (Å²) in [7, 11) is 0. The molecule has 1 aliphatic rings. The van der Waals surface area contributed by atoms with Gasteiger partial charge < -0.3 is 20.1 Å². The van der Waals surface area contributed by atoms with E-state index in [9.17, 15) is 19.5 Å². The first-order valence-corrected chi connectivity index (χ1v) is 7.05. The van der Waals surface area contributed by atoms with E-state index in [1.165, 1.54) is 4.90 Å². The van der Waals surface area contributed by atoms with E-state index in [1.807, 2.05) is 0 Å². The Kier molecular flexibility index (Phi) is 5.42. The molecule has 1 unspecified atom stereocenters. The van der Waals surface area contributed by atoms with E-state index in [1.54, 1.807) is 20.8 Å². The van der Waals surface area contributed by atoms with Gasteiger partial charge in [-0.1, -0.05) is 0 Å². The van der Waals surface area contributed by atoms with Gasteiger partial charge in [-0.3, -0.25) is 4.79 Å². The van der Waals surface area contributed by atoms with Gasteiger partial charge in [0.25, 0.3) is 0 Å². The number of likely N-dealkylation sites (tertiary alicyclic amines) is 1. The first-order chi connectivity index (χ1) is 10.1.